The van der Waals surface area contributed by atoms with Crippen molar-refractivity contribution in [2.24, 2.45) is 0 Å². The molecule has 0 saturated heterocycles. The molecule has 1 aliphatic rings. The Kier molecular flexibility index (Phi) is 4.76. The summed E-state index contributed by atoms with van der Waals surface area (Å²) in [6, 6.07) is 12.3. The first-order valence-corrected chi connectivity index (χ1v) is 9.22. The molecule has 0 unspecified atom stereocenters. The molecule has 0 saturated carbocycles. The molecule has 0 aliphatic heterocycles. The average molecular weight is 364 g/mol. The van der Waals surface area contributed by atoms with Crippen LogP contribution < -0.4 is 0 Å². The van der Waals surface area contributed by atoms with E-state index in [9.17, 15) is 4.79 Å². The van der Waals surface area contributed by atoms with Crippen LogP contribution >= 0.6 is 27.3 Å². The Morgan fingerprint density at radius 1 is 1.24 bits per heavy atom. The number of hydrogen-bond donors (Lipinski definition) is 0. The van der Waals surface area contributed by atoms with E-state index < -0.39 is 0 Å². The summed E-state index contributed by atoms with van der Waals surface area (Å²) in [5.41, 5.74) is 2.57. The Morgan fingerprint density at radius 3 is 2.76 bits per heavy atom. The standard InChI is InChI=1S/C17H18BrNOS/c18-9-10-19(12-13-5-2-1-3-6-13)17(20)16-11-14-7-4-8-15(14)21-16/h1-3,5-6,11H,4,7-10,12H2. The lowest BCUT2D eigenvalue weighted by molar-refractivity contribution is 0.0759. The number of alkyl halides is 1. The van der Waals surface area contributed by atoms with Gasteiger partial charge in [-0.3, -0.25) is 4.79 Å². The number of carbonyl (C=O) groups is 1. The molecule has 110 valence electrons. The van der Waals surface area contributed by atoms with Gasteiger partial charge in [-0.1, -0.05) is 46.3 Å². The molecule has 2 nitrogen and oxygen atoms in total. The largest absolute Gasteiger partial charge is 0.333 e. The van der Waals surface area contributed by atoms with Crippen LogP contribution in [0.25, 0.3) is 0 Å². The van der Waals surface area contributed by atoms with Crippen LogP contribution in [0.2, 0.25) is 0 Å². The SMILES string of the molecule is O=C(c1cc2c(s1)CCC2)N(CCBr)Cc1ccccc1. The van der Waals surface area contributed by atoms with Crippen LogP contribution in [0.3, 0.4) is 0 Å². The molecule has 21 heavy (non-hydrogen) atoms. The molecule has 0 spiro atoms. The molecule has 3 rings (SSSR count). The molecule has 0 radical (unpaired) electrons. The van der Waals surface area contributed by atoms with Crippen LogP contribution in [0.4, 0.5) is 0 Å². The first-order valence-electron chi connectivity index (χ1n) is 7.28. The maximum atomic E-state index is 12.8. The van der Waals surface area contributed by atoms with Crippen LogP contribution in [0.1, 0.15) is 32.1 Å². The zero-order chi connectivity index (χ0) is 14.7. The number of nitrogens with zero attached hydrogens (tertiary/aromatic N) is 1. The Hall–Kier alpha value is -1.13. The summed E-state index contributed by atoms with van der Waals surface area (Å²) >= 11 is 5.15. The number of rotatable bonds is 5. The molecule has 0 N–H and O–H groups in total. The Labute approximate surface area is 137 Å². The Balaban J connectivity index is 1.77. The molecule has 4 heteroatoms. The van der Waals surface area contributed by atoms with Crippen molar-refractivity contribution in [2.75, 3.05) is 11.9 Å². The van der Waals surface area contributed by atoms with E-state index in [1.54, 1.807) is 11.3 Å². The highest BCUT2D eigenvalue weighted by Gasteiger charge is 2.22. The third kappa shape index (κ3) is 3.38. The second-order valence-electron chi connectivity index (χ2n) is 5.31. The van der Waals surface area contributed by atoms with Crippen LogP contribution in [0, 0.1) is 0 Å². The summed E-state index contributed by atoms with van der Waals surface area (Å²) in [5, 5.41) is 0.802. The number of amides is 1. The minimum absolute atomic E-state index is 0.165. The van der Waals surface area contributed by atoms with Crippen molar-refractivity contribution in [2.45, 2.75) is 25.8 Å². The Morgan fingerprint density at radius 2 is 2.05 bits per heavy atom. The Bertz CT molecular complexity index is 601. The van der Waals surface area contributed by atoms with Crippen LogP contribution in [-0.2, 0) is 19.4 Å². The fourth-order valence-corrected chi connectivity index (χ4v) is 4.40. The molecule has 1 aliphatic carbocycles. The van der Waals surface area contributed by atoms with Gasteiger partial charge in [0.25, 0.3) is 5.91 Å². The van der Waals surface area contributed by atoms with Gasteiger partial charge < -0.3 is 4.90 Å². The number of carbonyl (C=O) groups excluding carboxylic acids is 1. The minimum atomic E-state index is 0.165. The summed E-state index contributed by atoms with van der Waals surface area (Å²) in [5.74, 6) is 0.165. The monoisotopic (exact) mass is 363 g/mol. The molecule has 1 heterocycles. The van der Waals surface area contributed by atoms with E-state index in [1.807, 2.05) is 23.1 Å². The van der Waals surface area contributed by atoms with Crippen molar-refractivity contribution < 1.29 is 4.79 Å². The van der Waals surface area contributed by atoms with E-state index in [2.05, 4.69) is 34.1 Å². The van der Waals surface area contributed by atoms with Gasteiger partial charge in [-0.15, -0.1) is 11.3 Å². The zero-order valence-electron chi connectivity index (χ0n) is 11.8. The lowest BCUT2D eigenvalue weighted by Crippen LogP contribution is -2.31. The normalized spacial score (nSPS) is 13.2. The quantitative estimate of drug-likeness (QED) is 0.726. The first kappa shape index (κ1) is 14.8. The summed E-state index contributed by atoms with van der Waals surface area (Å²) in [6.07, 6.45) is 3.52. The van der Waals surface area contributed by atoms with Crippen molar-refractivity contribution in [1.29, 1.82) is 0 Å². The molecular formula is C17H18BrNOS. The van der Waals surface area contributed by atoms with Crippen molar-refractivity contribution in [1.82, 2.24) is 4.90 Å². The van der Waals surface area contributed by atoms with Gasteiger partial charge in [0.05, 0.1) is 4.88 Å². The zero-order valence-corrected chi connectivity index (χ0v) is 14.3. The van der Waals surface area contributed by atoms with E-state index in [4.69, 9.17) is 0 Å². The molecule has 1 aromatic heterocycles. The average Bonchev–Trinajstić information content (AvgIpc) is 3.08. The summed E-state index contributed by atoms with van der Waals surface area (Å²) < 4.78 is 0. The van der Waals surface area contributed by atoms with Crippen LogP contribution in [0.5, 0.6) is 0 Å². The number of benzene rings is 1. The van der Waals surface area contributed by atoms with Crippen molar-refractivity contribution in [3.8, 4) is 0 Å². The van der Waals surface area contributed by atoms with Gasteiger partial charge in [0.15, 0.2) is 0 Å². The summed E-state index contributed by atoms with van der Waals surface area (Å²) in [6.45, 7) is 1.41. The molecule has 1 amide bonds. The van der Waals surface area contributed by atoms with Crippen LogP contribution in [0.15, 0.2) is 36.4 Å². The predicted octanol–water partition coefficient (Wildman–Crippen LogP) is 4.27. The number of aryl methyl sites for hydroxylation is 2. The van der Waals surface area contributed by atoms with Gasteiger partial charge in [0, 0.05) is 23.3 Å². The summed E-state index contributed by atoms with van der Waals surface area (Å²) in [7, 11) is 0. The van der Waals surface area contributed by atoms with Gasteiger partial charge in [-0.25, -0.2) is 0 Å². The molecule has 0 fully saturated rings. The lowest BCUT2D eigenvalue weighted by Gasteiger charge is -2.21. The molecule has 2 aromatic rings. The third-order valence-electron chi connectivity index (χ3n) is 3.82. The minimum Gasteiger partial charge on any atom is -0.333 e. The van der Waals surface area contributed by atoms with Gasteiger partial charge in [-0.05, 0) is 36.5 Å². The van der Waals surface area contributed by atoms with Crippen molar-refractivity contribution >= 4 is 33.2 Å². The third-order valence-corrected chi connectivity index (χ3v) is 5.40. The fraction of sp³-hybridized carbons (Fsp3) is 0.353. The highest BCUT2D eigenvalue weighted by molar-refractivity contribution is 9.09. The van der Waals surface area contributed by atoms with E-state index >= 15 is 0 Å². The molecule has 1 aromatic carbocycles. The molecule has 0 atom stereocenters. The number of hydrogen-bond acceptors (Lipinski definition) is 2. The maximum absolute atomic E-state index is 12.8. The van der Waals surface area contributed by atoms with Crippen molar-refractivity contribution in [3.63, 3.8) is 0 Å². The van der Waals surface area contributed by atoms with Gasteiger partial charge >= 0.3 is 0 Å². The van der Waals surface area contributed by atoms with E-state index in [-0.39, 0.29) is 5.91 Å². The van der Waals surface area contributed by atoms with Crippen molar-refractivity contribution in [3.05, 3.63) is 57.3 Å². The highest BCUT2D eigenvalue weighted by Crippen LogP contribution is 2.31. The van der Waals surface area contributed by atoms with Gasteiger partial charge in [0.2, 0.25) is 0 Å². The smallest absolute Gasteiger partial charge is 0.264 e. The summed E-state index contributed by atoms with van der Waals surface area (Å²) in [4.78, 5) is 17.0. The number of thiophene rings is 1. The van der Waals surface area contributed by atoms with Gasteiger partial charge in [-0.2, -0.15) is 0 Å². The van der Waals surface area contributed by atoms with Gasteiger partial charge in [0.1, 0.15) is 0 Å². The second kappa shape index (κ2) is 6.75. The number of fused-ring (bicyclic) bond motifs is 1. The maximum Gasteiger partial charge on any atom is 0.264 e. The number of halogens is 1. The lowest BCUT2D eigenvalue weighted by atomic mass is 10.2. The first-order chi connectivity index (χ1) is 10.3. The molecular weight excluding hydrogens is 346 g/mol. The molecule has 0 bridgehead atoms. The highest BCUT2D eigenvalue weighted by atomic mass is 79.9. The van der Waals surface area contributed by atoms with E-state index in [0.29, 0.717) is 6.54 Å². The fourth-order valence-electron chi connectivity index (χ4n) is 2.75. The van der Waals surface area contributed by atoms with E-state index in [1.165, 1.54) is 22.4 Å². The van der Waals surface area contributed by atoms with Crippen LogP contribution in [-0.4, -0.2) is 22.7 Å². The van der Waals surface area contributed by atoms with E-state index in [0.717, 1.165) is 29.6 Å². The topological polar surface area (TPSA) is 20.3 Å². The second-order valence-corrected chi connectivity index (χ2v) is 7.24. The predicted molar refractivity (Wildman–Crippen MR) is 91.3 cm³/mol.